The normalized spacial score (nSPS) is 12.1. The summed E-state index contributed by atoms with van der Waals surface area (Å²) >= 11 is 0. The minimum absolute atomic E-state index is 0.0308. The maximum absolute atomic E-state index is 9.86. The number of nitrogens with zero attached hydrogens (tertiary/aromatic N) is 1. The molecule has 0 amide bonds. The summed E-state index contributed by atoms with van der Waals surface area (Å²) in [5, 5.41) is 9.05. The maximum Gasteiger partial charge on any atom is 0.294 e. The summed E-state index contributed by atoms with van der Waals surface area (Å²) in [5.74, 6) is 0. The van der Waals surface area contributed by atoms with E-state index < -0.39 is 5.09 Å². The molecule has 2 N–H and O–H groups in total. The highest BCUT2D eigenvalue weighted by Crippen LogP contribution is 2.12. The van der Waals surface area contributed by atoms with Crippen molar-refractivity contribution in [3.8, 4) is 0 Å². The molecule has 76 valence electrons. The van der Waals surface area contributed by atoms with Gasteiger partial charge in [0, 0.05) is 6.04 Å². The van der Waals surface area contributed by atoms with Gasteiger partial charge in [-0.3, -0.25) is 0 Å². The van der Waals surface area contributed by atoms with Gasteiger partial charge >= 0.3 is 0 Å². The summed E-state index contributed by atoms with van der Waals surface area (Å²) < 4.78 is 0. The molecule has 0 fully saturated rings. The van der Waals surface area contributed by atoms with Crippen molar-refractivity contribution >= 4 is 0 Å². The molecule has 1 aromatic rings. The molecule has 0 aromatic heterocycles. The van der Waals surface area contributed by atoms with E-state index in [2.05, 4.69) is 4.84 Å². The molecule has 1 atom stereocenters. The average molecular weight is 196 g/mol. The quantitative estimate of drug-likeness (QED) is 0.568. The van der Waals surface area contributed by atoms with Gasteiger partial charge in [-0.25, -0.2) is 0 Å². The van der Waals surface area contributed by atoms with Crippen molar-refractivity contribution < 1.29 is 9.92 Å². The third-order valence-electron chi connectivity index (χ3n) is 1.85. The lowest BCUT2D eigenvalue weighted by atomic mass is 10.1. The van der Waals surface area contributed by atoms with Crippen molar-refractivity contribution in [1.29, 1.82) is 0 Å². The Kier molecular flexibility index (Phi) is 3.87. The van der Waals surface area contributed by atoms with Crippen LogP contribution in [0.1, 0.15) is 18.0 Å². The predicted octanol–water partition coefficient (Wildman–Crippen LogP) is 1.28. The smallest absolute Gasteiger partial charge is 0.294 e. The molecule has 5 nitrogen and oxygen atoms in total. The van der Waals surface area contributed by atoms with E-state index in [9.17, 15) is 10.1 Å². The van der Waals surface area contributed by atoms with Crippen molar-refractivity contribution in [2.45, 2.75) is 12.5 Å². The second kappa shape index (κ2) is 5.18. The van der Waals surface area contributed by atoms with Gasteiger partial charge in [0.2, 0.25) is 0 Å². The minimum Gasteiger partial charge on any atom is -0.324 e. The Morgan fingerprint density at radius 3 is 2.64 bits per heavy atom. The average Bonchev–Trinajstić information content (AvgIpc) is 2.18. The third-order valence-corrected chi connectivity index (χ3v) is 1.85. The lowest BCUT2D eigenvalue weighted by molar-refractivity contribution is -0.757. The standard InChI is InChI=1S/C9H12N2O3/c10-9(6-7-14-11(12)13)8-4-2-1-3-5-8/h1-5,9H,6-7,10H2. The SMILES string of the molecule is NC(CCO[N+](=O)[O-])c1ccccc1. The Morgan fingerprint density at radius 2 is 2.07 bits per heavy atom. The van der Waals surface area contributed by atoms with Crippen LogP contribution in [-0.2, 0) is 4.84 Å². The molecule has 1 aromatic carbocycles. The van der Waals surface area contributed by atoms with E-state index in [0.29, 0.717) is 6.42 Å². The van der Waals surface area contributed by atoms with Crippen LogP contribution >= 0.6 is 0 Å². The van der Waals surface area contributed by atoms with Gasteiger partial charge in [0.1, 0.15) is 0 Å². The van der Waals surface area contributed by atoms with Gasteiger partial charge in [-0.2, -0.15) is 0 Å². The summed E-state index contributed by atoms with van der Waals surface area (Å²) in [6.45, 7) is 0.0308. The molecule has 0 aliphatic carbocycles. The van der Waals surface area contributed by atoms with Crippen molar-refractivity contribution in [1.82, 2.24) is 0 Å². The van der Waals surface area contributed by atoms with E-state index in [-0.39, 0.29) is 12.6 Å². The number of hydrogen-bond donors (Lipinski definition) is 1. The van der Waals surface area contributed by atoms with E-state index in [1.54, 1.807) is 0 Å². The Bertz CT molecular complexity index is 289. The number of rotatable bonds is 5. The monoisotopic (exact) mass is 196 g/mol. The topological polar surface area (TPSA) is 78.4 Å². The summed E-state index contributed by atoms with van der Waals surface area (Å²) in [6, 6.07) is 9.21. The first-order valence-corrected chi connectivity index (χ1v) is 4.28. The molecule has 5 heteroatoms. The van der Waals surface area contributed by atoms with E-state index in [1.807, 2.05) is 30.3 Å². The molecule has 0 bridgehead atoms. The Hall–Kier alpha value is -1.62. The van der Waals surface area contributed by atoms with Crippen molar-refractivity contribution in [2.75, 3.05) is 6.61 Å². The fourth-order valence-corrected chi connectivity index (χ4v) is 1.12. The maximum atomic E-state index is 9.86. The first kappa shape index (κ1) is 10.5. The molecular weight excluding hydrogens is 184 g/mol. The molecule has 1 unspecified atom stereocenters. The predicted molar refractivity (Wildman–Crippen MR) is 50.9 cm³/mol. The molecule has 0 aliphatic heterocycles. The summed E-state index contributed by atoms with van der Waals surface area (Å²) in [6.07, 6.45) is 0.436. The van der Waals surface area contributed by atoms with Crippen molar-refractivity contribution in [2.24, 2.45) is 5.73 Å². The Morgan fingerprint density at radius 1 is 1.43 bits per heavy atom. The third kappa shape index (κ3) is 3.40. The fraction of sp³-hybridized carbons (Fsp3) is 0.333. The highest BCUT2D eigenvalue weighted by molar-refractivity contribution is 5.18. The zero-order valence-electron chi connectivity index (χ0n) is 7.63. The zero-order valence-corrected chi connectivity index (χ0v) is 7.63. The number of hydrogen-bond acceptors (Lipinski definition) is 4. The van der Waals surface area contributed by atoms with Gasteiger partial charge in [0.05, 0.1) is 6.61 Å². The van der Waals surface area contributed by atoms with E-state index >= 15 is 0 Å². The Balaban J connectivity index is 2.36. The van der Waals surface area contributed by atoms with Gasteiger partial charge in [-0.05, 0) is 12.0 Å². The van der Waals surface area contributed by atoms with Crippen molar-refractivity contribution in [3.63, 3.8) is 0 Å². The van der Waals surface area contributed by atoms with Gasteiger partial charge in [-0.15, -0.1) is 10.1 Å². The molecule has 1 rings (SSSR count). The Labute approximate surface area is 81.6 Å². The van der Waals surface area contributed by atoms with Crippen LogP contribution in [0, 0.1) is 10.1 Å². The molecule has 0 heterocycles. The van der Waals surface area contributed by atoms with Crippen LogP contribution in [0.4, 0.5) is 0 Å². The highest BCUT2D eigenvalue weighted by atomic mass is 16.9. The van der Waals surface area contributed by atoms with Gasteiger partial charge in [-0.1, -0.05) is 30.3 Å². The molecule has 0 saturated heterocycles. The molecule has 14 heavy (non-hydrogen) atoms. The molecular formula is C9H12N2O3. The van der Waals surface area contributed by atoms with E-state index in [0.717, 1.165) is 5.56 Å². The summed E-state index contributed by atoms with van der Waals surface area (Å²) in [7, 11) is 0. The second-order valence-electron chi connectivity index (χ2n) is 2.86. The second-order valence-corrected chi connectivity index (χ2v) is 2.86. The summed E-state index contributed by atoms with van der Waals surface area (Å²) in [4.78, 5) is 14.0. The van der Waals surface area contributed by atoms with Crippen LogP contribution in [0.3, 0.4) is 0 Å². The van der Waals surface area contributed by atoms with E-state index in [4.69, 9.17) is 5.73 Å². The minimum atomic E-state index is -0.808. The van der Waals surface area contributed by atoms with Crippen LogP contribution in [0.15, 0.2) is 30.3 Å². The zero-order chi connectivity index (χ0) is 10.4. The van der Waals surface area contributed by atoms with Crippen LogP contribution < -0.4 is 5.73 Å². The number of benzene rings is 1. The lowest BCUT2D eigenvalue weighted by Crippen LogP contribution is -2.14. The first-order chi connectivity index (χ1) is 6.70. The molecule has 0 radical (unpaired) electrons. The van der Waals surface area contributed by atoms with Gasteiger partial charge in [0.25, 0.3) is 5.09 Å². The van der Waals surface area contributed by atoms with Crippen LogP contribution in [0.5, 0.6) is 0 Å². The van der Waals surface area contributed by atoms with E-state index in [1.165, 1.54) is 0 Å². The summed E-state index contributed by atoms with van der Waals surface area (Å²) in [5.41, 5.74) is 6.74. The van der Waals surface area contributed by atoms with Crippen molar-refractivity contribution in [3.05, 3.63) is 46.0 Å². The molecule has 0 saturated carbocycles. The fourth-order valence-electron chi connectivity index (χ4n) is 1.12. The highest BCUT2D eigenvalue weighted by Gasteiger charge is 2.05. The lowest BCUT2D eigenvalue weighted by Gasteiger charge is -2.10. The van der Waals surface area contributed by atoms with Gasteiger partial charge < -0.3 is 10.6 Å². The molecule has 0 aliphatic rings. The first-order valence-electron chi connectivity index (χ1n) is 4.28. The van der Waals surface area contributed by atoms with Gasteiger partial charge in [0.15, 0.2) is 0 Å². The van der Waals surface area contributed by atoms with Crippen LogP contribution in [0.2, 0.25) is 0 Å². The largest absolute Gasteiger partial charge is 0.324 e. The van der Waals surface area contributed by atoms with Crippen LogP contribution in [0.25, 0.3) is 0 Å². The number of nitrogens with two attached hydrogens (primary N) is 1. The molecule has 0 spiro atoms. The van der Waals surface area contributed by atoms with Crippen LogP contribution in [-0.4, -0.2) is 11.7 Å².